The SMILES string of the molecule is CC(C)Cc1cc(-c2[c-]cccc2)ncc1[Si](C)(C)C.CC(c1ccnc(-c2[c-]cc3c(c2)Cc2nc(-c4ccccc4)ccc2-3)c1)C1CCCCC1.[Ir]. The van der Waals surface area contributed by atoms with E-state index in [9.17, 15) is 0 Å². The number of hydrogen-bond acceptors (Lipinski definition) is 3. The van der Waals surface area contributed by atoms with Crippen LogP contribution in [0.1, 0.15) is 81.2 Å². The molecule has 54 heavy (non-hydrogen) atoms. The first-order valence-corrected chi connectivity index (χ1v) is 23.2. The molecule has 8 rings (SSSR count). The molecule has 0 spiro atoms. The number of aromatic nitrogens is 3. The molecule has 0 bridgehead atoms. The van der Waals surface area contributed by atoms with Gasteiger partial charge in [0.15, 0.2) is 0 Å². The average molecular weight is 904 g/mol. The van der Waals surface area contributed by atoms with Crippen LogP contribution in [0.4, 0.5) is 0 Å². The van der Waals surface area contributed by atoms with Gasteiger partial charge < -0.3 is 9.97 Å². The van der Waals surface area contributed by atoms with Crippen molar-refractivity contribution in [2.45, 2.75) is 91.3 Å². The Morgan fingerprint density at radius 1 is 0.741 bits per heavy atom. The zero-order valence-corrected chi connectivity index (χ0v) is 36.1. The van der Waals surface area contributed by atoms with E-state index in [0.717, 1.165) is 58.2 Å². The summed E-state index contributed by atoms with van der Waals surface area (Å²) < 4.78 is 0. The second-order valence-electron chi connectivity index (χ2n) is 16.5. The van der Waals surface area contributed by atoms with Gasteiger partial charge in [0.1, 0.15) is 0 Å². The topological polar surface area (TPSA) is 38.7 Å². The van der Waals surface area contributed by atoms with E-state index in [1.165, 1.54) is 65.1 Å². The molecule has 1 radical (unpaired) electrons. The van der Waals surface area contributed by atoms with Crippen molar-refractivity contribution in [3.8, 4) is 44.9 Å². The molecule has 3 nitrogen and oxygen atoms in total. The first-order valence-electron chi connectivity index (χ1n) is 19.7. The van der Waals surface area contributed by atoms with Crippen molar-refractivity contribution >= 4 is 13.3 Å². The minimum atomic E-state index is -1.34. The molecule has 279 valence electrons. The smallest absolute Gasteiger partial charge is 0.0798 e. The van der Waals surface area contributed by atoms with Crippen molar-refractivity contribution in [1.82, 2.24) is 15.0 Å². The van der Waals surface area contributed by atoms with Gasteiger partial charge in [-0.05, 0) is 77.7 Å². The van der Waals surface area contributed by atoms with Gasteiger partial charge in [0.2, 0.25) is 0 Å². The van der Waals surface area contributed by atoms with Gasteiger partial charge in [-0.2, -0.15) is 0 Å². The maximum absolute atomic E-state index is 5.00. The summed E-state index contributed by atoms with van der Waals surface area (Å²) in [4.78, 5) is 14.4. The molecular formula is C49H53IrN3Si-2. The zero-order chi connectivity index (χ0) is 37.0. The number of hydrogen-bond donors (Lipinski definition) is 0. The monoisotopic (exact) mass is 904 g/mol. The predicted molar refractivity (Wildman–Crippen MR) is 225 cm³/mol. The minimum absolute atomic E-state index is 0. The Bertz CT molecular complexity index is 2150. The van der Waals surface area contributed by atoms with Crippen molar-refractivity contribution < 1.29 is 20.1 Å². The van der Waals surface area contributed by atoms with E-state index in [4.69, 9.17) is 9.97 Å². The van der Waals surface area contributed by atoms with Crippen LogP contribution in [-0.2, 0) is 32.9 Å². The summed E-state index contributed by atoms with van der Waals surface area (Å²) in [7, 11) is -1.34. The molecular weight excluding hydrogens is 851 g/mol. The van der Waals surface area contributed by atoms with Crippen LogP contribution in [0.15, 0.2) is 109 Å². The molecule has 0 amide bonds. The van der Waals surface area contributed by atoms with Crippen LogP contribution in [0, 0.1) is 24.0 Å². The largest absolute Gasteiger partial charge is 0.305 e. The number of rotatable bonds is 8. The van der Waals surface area contributed by atoms with E-state index >= 15 is 0 Å². The molecule has 5 heteroatoms. The van der Waals surface area contributed by atoms with E-state index in [0.29, 0.717) is 11.8 Å². The molecule has 2 aliphatic carbocycles. The summed E-state index contributed by atoms with van der Waals surface area (Å²) in [5.41, 5.74) is 14.3. The zero-order valence-electron chi connectivity index (χ0n) is 32.7. The minimum Gasteiger partial charge on any atom is -0.305 e. The van der Waals surface area contributed by atoms with Crippen molar-refractivity contribution in [2.24, 2.45) is 11.8 Å². The first kappa shape index (κ1) is 39.7. The summed E-state index contributed by atoms with van der Waals surface area (Å²) in [6.45, 7) is 14.1. The molecule has 1 saturated carbocycles. The Morgan fingerprint density at radius 3 is 2.22 bits per heavy atom. The van der Waals surface area contributed by atoms with Crippen LogP contribution < -0.4 is 5.19 Å². The van der Waals surface area contributed by atoms with Gasteiger partial charge in [-0.25, -0.2) is 0 Å². The molecule has 2 aliphatic rings. The van der Waals surface area contributed by atoms with Crippen LogP contribution >= 0.6 is 0 Å². The van der Waals surface area contributed by atoms with Crippen molar-refractivity contribution in [3.63, 3.8) is 0 Å². The molecule has 1 unspecified atom stereocenters. The third-order valence-corrected chi connectivity index (χ3v) is 13.1. The summed E-state index contributed by atoms with van der Waals surface area (Å²) in [5, 5.41) is 1.49. The van der Waals surface area contributed by atoms with E-state index in [1.54, 1.807) is 0 Å². The second kappa shape index (κ2) is 17.6. The second-order valence-corrected chi connectivity index (χ2v) is 21.6. The molecule has 3 heterocycles. The van der Waals surface area contributed by atoms with Gasteiger partial charge >= 0.3 is 0 Å². The molecule has 0 saturated heterocycles. The van der Waals surface area contributed by atoms with E-state index in [1.807, 2.05) is 30.5 Å². The maximum atomic E-state index is 5.00. The Hall–Kier alpha value is -4.02. The Kier molecular flexibility index (Phi) is 12.9. The fourth-order valence-corrected chi connectivity index (χ4v) is 9.77. The third-order valence-electron chi connectivity index (χ3n) is 11.1. The van der Waals surface area contributed by atoms with Gasteiger partial charge in [-0.3, -0.25) is 4.98 Å². The average Bonchev–Trinajstić information content (AvgIpc) is 3.55. The van der Waals surface area contributed by atoms with Gasteiger partial charge in [-0.15, -0.1) is 65.2 Å². The molecule has 0 N–H and O–H groups in total. The van der Waals surface area contributed by atoms with Crippen LogP contribution in [0.3, 0.4) is 0 Å². The normalized spacial score (nSPS) is 14.4. The van der Waals surface area contributed by atoms with E-state index < -0.39 is 8.07 Å². The fourth-order valence-electron chi connectivity index (χ4n) is 8.18. The van der Waals surface area contributed by atoms with Crippen molar-refractivity contribution in [3.05, 3.63) is 144 Å². The molecule has 1 fully saturated rings. The van der Waals surface area contributed by atoms with Gasteiger partial charge in [0.25, 0.3) is 0 Å². The van der Waals surface area contributed by atoms with E-state index in [2.05, 4.69) is 137 Å². The van der Waals surface area contributed by atoms with Gasteiger partial charge in [-0.1, -0.05) is 125 Å². The quantitative estimate of drug-likeness (QED) is 0.113. The third kappa shape index (κ3) is 9.25. The first-order chi connectivity index (χ1) is 25.6. The van der Waals surface area contributed by atoms with Gasteiger partial charge in [0.05, 0.1) is 13.8 Å². The van der Waals surface area contributed by atoms with Crippen LogP contribution in [0.25, 0.3) is 44.9 Å². The molecule has 1 atom stereocenters. The van der Waals surface area contributed by atoms with Crippen molar-refractivity contribution in [1.29, 1.82) is 0 Å². The maximum Gasteiger partial charge on any atom is 0.0798 e. The number of pyridine rings is 3. The molecule has 6 aromatic rings. The summed E-state index contributed by atoms with van der Waals surface area (Å²) in [6, 6.07) is 40.8. The molecule has 3 aromatic heterocycles. The van der Waals surface area contributed by atoms with Crippen molar-refractivity contribution in [2.75, 3.05) is 0 Å². The Balaban J connectivity index is 0.000000205. The van der Waals surface area contributed by atoms with Crippen LogP contribution in [0.5, 0.6) is 0 Å². The van der Waals surface area contributed by atoms with Crippen LogP contribution in [0.2, 0.25) is 19.6 Å². The molecule has 3 aromatic carbocycles. The summed E-state index contributed by atoms with van der Waals surface area (Å²) in [6.07, 6.45) is 13.0. The number of fused-ring (bicyclic) bond motifs is 3. The van der Waals surface area contributed by atoms with Crippen LogP contribution in [-0.4, -0.2) is 23.0 Å². The Morgan fingerprint density at radius 2 is 1.50 bits per heavy atom. The summed E-state index contributed by atoms with van der Waals surface area (Å²) >= 11 is 0. The Labute approximate surface area is 338 Å². The van der Waals surface area contributed by atoms with E-state index in [-0.39, 0.29) is 20.1 Å². The fraction of sp³-hybridized carbons (Fsp3) is 0.327. The number of nitrogens with zero attached hydrogens (tertiary/aromatic N) is 3. The predicted octanol–water partition coefficient (Wildman–Crippen LogP) is 12.2. The standard InChI is InChI=1S/C31H29N2.C18H24NSi.Ir/c1-21(22-8-4-2-5-9-22)24-16-17-32-30(19-24)25-12-13-27-26(18-25)20-31-28(27)14-15-29(33-31)23-10-6-3-7-11-23;1-14(2)11-16-12-17(15-9-7-6-8-10-15)19-13-18(16)20(3,4)5;/h3,6-7,10-11,13-19,21-22H,2,4-5,8-9,20H2,1H3;6-9,12-14H,11H2,1-5H3;/q2*-1;. The summed E-state index contributed by atoms with van der Waals surface area (Å²) in [5.74, 6) is 2.06. The molecule has 0 aliphatic heterocycles. The number of benzene rings is 3. The van der Waals surface area contributed by atoms with Gasteiger partial charge in [0, 0.05) is 43.8 Å².